The summed E-state index contributed by atoms with van der Waals surface area (Å²) in [5, 5.41) is 12.6. The number of nitrogens with one attached hydrogen (secondary N) is 1. The van der Waals surface area contributed by atoms with Crippen LogP contribution < -0.4 is 5.32 Å². The third-order valence-corrected chi connectivity index (χ3v) is 1.60. The fraction of sp³-hybridized carbons (Fsp3) is 0.778. The van der Waals surface area contributed by atoms with Gasteiger partial charge in [-0.05, 0) is 21.0 Å². The third-order valence-electron chi connectivity index (χ3n) is 1.60. The monoisotopic (exact) mass is 172 g/mol. The quantitative estimate of drug-likeness (QED) is 0.557. The first-order valence-corrected chi connectivity index (χ1v) is 4.25. The van der Waals surface area contributed by atoms with E-state index in [0.717, 1.165) is 0 Å². The topological polar surface area (TPSA) is 35.5 Å². The highest BCUT2D eigenvalue weighted by Crippen LogP contribution is 1.87. The van der Waals surface area contributed by atoms with Crippen molar-refractivity contribution in [2.24, 2.45) is 0 Å². The Morgan fingerprint density at radius 3 is 2.58 bits per heavy atom. The standard InChI is InChI=1S/C9H20N2O/c1-5-8(2)10-6-9(12)7-11(3)4/h5,8-10,12H,1,6-7H2,2-4H3. The minimum atomic E-state index is -0.303. The predicted molar refractivity (Wildman–Crippen MR) is 52.2 cm³/mol. The van der Waals surface area contributed by atoms with Gasteiger partial charge in [0.15, 0.2) is 0 Å². The van der Waals surface area contributed by atoms with E-state index >= 15 is 0 Å². The van der Waals surface area contributed by atoms with Crippen LogP contribution in [0.15, 0.2) is 12.7 Å². The Hall–Kier alpha value is -0.380. The van der Waals surface area contributed by atoms with E-state index in [4.69, 9.17) is 0 Å². The summed E-state index contributed by atoms with van der Waals surface area (Å²) in [5.41, 5.74) is 0. The van der Waals surface area contributed by atoms with Crippen molar-refractivity contribution in [3.8, 4) is 0 Å². The first-order valence-electron chi connectivity index (χ1n) is 4.25. The minimum Gasteiger partial charge on any atom is -0.390 e. The van der Waals surface area contributed by atoms with Gasteiger partial charge in [-0.15, -0.1) is 6.58 Å². The van der Waals surface area contributed by atoms with E-state index in [2.05, 4.69) is 11.9 Å². The molecule has 0 saturated carbocycles. The molecule has 12 heavy (non-hydrogen) atoms. The highest BCUT2D eigenvalue weighted by atomic mass is 16.3. The number of aliphatic hydroxyl groups is 1. The molecule has 0 fully saturated rings. The van der Waals surface area contributed by atoms with E-state index in [1.54, 1.807) is 0 Å². The van der Waals surface area contributed by atoms with Crippen LogP contribution in [0.5, 0.6) is 0 Å². The van der Waals surface area contributed by atoms with Crippen molar-refractivity contribution in [1.82, 2.24) is 10.2 Å². The van der Waals surface area contributed by atoms with Crippen molar-refractivity contribution in [2.75, 3.05) is 27.2 Å². The largest absolute Gasteiger partial charge is 0.390 e. The summed E-state index contributed by atoms with van der Waals surface area (Å²) in [4.78, 5) is 1.96. The number of hydrogen-bond donors (Lipinski definition) is 2. The van der Waals surface area contributed by atoms with Crippen molar-refractivity contribution in [2.45, 2.75) is 19.1 Å². The van der Waals surface area contributed by atoms with Crippen molar-refractivity contribution in [3.05, 3.63) is 12.7 Å². The van der Waals surface area contributed by atoms with Crippen LogP contribution in [0, 0.1) is 0 Å². The molecule has 3 nitrogen and oxygen atoms in total. The lowest BCUT2D eigenvalue weighted by Crippen LogP contribution is -2.37. The van der Waals surface area contributed by atoms with E-state index in [9.17, 15) is 5.11 Å². The molecule has 0 aromatic rings. The maximum Gasteiger partial charge on any atom is 0.0791 e. The lowest BCUT2D eigenvalue weighted by molar-refractivity contribution is 0.133. The average Bonchev–Trinajstić information content (AvgIpc) is 1.99. The lowest BCUT2D eigenvalue weighted by atomic mass is 10.3. The molecule has 3 heteroatoms. The van der Waals surface area contributed by atoms with Gasteiger partial charge in [-0.3, -0.25) is 0 Å². The summed E-state index contributed by atoms with van der Waals surface area (Å²) in [6.45, 7) is 6.96. The van der Waals surface area contributed by atoms with Crippen LogP contribution in [-0.4, -0.2) is 49.3 Å². The summed E-state index contributed by atoms with van der Waals surface area (Å²) >= 11 is 0. The van der Waals surface area contributed by atoms with Crippen LogP contribution in [0.2, 0.25) is 0 Å². The Labute approximate surface area is 75.1 Å². The van der Waals surface area contributed by atoms with Gasteiger partial charge in [-0.1, -0.05) is 6.08 Å². The van der Waals surface area contributed by atoms with Crippen LogP contribution in [0.25, 0.3) is 0 Å². The molecule has 0 aliphatic carbocycles. The fourth-order valence-electron chi connectivity index (χ4n) is 0.891. The number of nitrogens with zero attached hydrogens (tertiary/aromatic N) is 1. The van der Waals surface area contributed by atoms with Gasteiger partial charge in [0.2, 0.25) is 0 Å². The molecule has 0 aliphatic rings. The Bertz CT molecular complexity index is 126. The zero-order valence-electron chi connectivity index (χ0n) is 8.25. The zero-order valence-corrected chi connectivity index (χ0v) is 8.25. The highest BCUT2D eigenvalue weighted by Gasteiger charge is 2.05. The van der Waals surface area contributed by atoms with Gasteiger partial charge in [0.05, 0.1) is 6.10 Å². The van der Waals surface area contributed by atoms with Crippen molar-refractivity contribution in [1.29, 1.82) is 0 Å². The van der Waals surface area contributed by atoms with Crippen LogP contribution in [0.3, 0.4) is 0 Å². The van der Waals surface area contributed by atoms with Gasteiger partial charge in [0, 0.05) is 19.1 Å². The molecule has 0 rings (SSSR count). The molecule has 0 saturated heterocycles. The van der Waals surface area contributed by atoms with Crippen molar-refractivity contribution >= 4 is 0 Å². The summed E-state index contributed by atoms with van der Waals surface area (Å²) < 4.78 is 0. The molecule has 0 amide bonds. The summed E-state index contributed by atoms with van der Waals surface area (Å²) in [5.74, 6) is 0. The molecular weight excluding hydrogens is 152 g/mol. The molecule has 0 heterocycles. The second-order valence-electron chi connectivity index (χ2n) is 3.35. The Morgan fingerprint density at radius 1 is 1.58 bits per heavy atom. The summed E-state index contributed by atoms with van der Waals surface area (Å²) in [6.07, 6.45) is 1.52. The maximum atomic E-state index is 9.43. The summed E-state index contributed by atoms with van der Waals surface area (Å²) in [7, 11) is 3.89. The van der Waals surface area contributed by atoms with Gasteiger partial charge in [0.1, 0.15) is 0 Å². The smallest absolute Gasteiger partial charge is 0.0791 e. The Morgan fingerprint density at radius 2 is 2.17 bits per heavy atom. The zero-order chi connectivity index (χ0) is 9.56. The minimum absolute atomic E-state index is 0.266. The molecule has 2 atom stereocenters. The summed E-state index contributed by atoms with van der Waals surface area (Å²) in [6, 6.07) is 0.266. The SMILES string of the molecule is C=CC(C)NCC(O)CN(C)C. The van der Waals surface area contributed by atoms with Crippen LogP contribution in [0.4, 0.5) is 0 Å². The van der Waals surface area contributed by atoms with E-state index in [-0.39, 0.29) is 12.1 Å². The molecule has 72 valence electrons. The Kier molecular flexibility index (Phi) is 5.98. The second-order valence-corrected chi connectivity index (χ2v) is 3.35. The molecule has 0 aliphatic heterocycles. The van der Waals surface area contributed by atoms with Gasteiger partial charge in [0.25, 0.3) is 0 Å². The second kappa shape index (κ2) is 6.17. The highest BCUT2D eigenvalue weighted by molar-refractivity contribution is 4.82. The molecule has 2 N–H and O–H groups in total. The molecule has 0 bridgehead atoms. The molecule has 0 aromatic heterocycles. The van der Waals surface area contributed by atoms with E-state index in [1.165, 1.54) is 0 Å². The fourth-order valence-corrected chi connectivity index (χ4v) is 0.891. The molecule has 0 spiro atoms. The number of hydrogen-bond acceptors (Lipinski definition) is 3. The number of rotatable bonds is 6. The lowest BCUT2D eigenvalue weighted by Gasteiger charge is -2.17. The van der Waals surface area contributed by atoms with E-state index < -0.39 is 0 Å². The van der Waals surface area contributed by atoms with Crippen molar-refractivity contribution < 1.29 is 5.11 Å². The normalized spacial score (nSPS) is 16.1. The predicted octanol–water partition coefficient (Wildman–Crippen LogP) is 0.0730. The van der Waals surface area contributed by atoms with Crippen LogP contribution >= 0.6 is 0 Å². The van der Waals surface area contributed by atoms with Gasteiger partial charge < -0.3 is 15.3 Å². The van der Waals surface area contributed by atoms with Crippen LogP contribution in [0.1, 0.15) is 6.92 Å². The first kappa shape index (κ1) is 11.6. The molecular formula is C9H20N2O. The number of likely N-dealkylation sites (N-methyl/N-ethyl adjacent to an activating group) is 1. The first-order chi connectivity index (χ1) is 5.56. The third kappa shape index (κ3) is 6.34. The molecule has 0 aromatic carbocycles. The van der Waals surface area contributed by atoms with Crippen LogP contribution in [-0.2, 0) is 0 Å². The van der Waals surface area contributed by atoms with Crippen molar-refractivity contribution in [3.63, 3.8) is 0 Å². The Balaban J connectivity index is 3.42. The maximum absolute atomic E-state index is 9.43. The average molecular weight is 172 g/mol. The van der Waals surface area contributed by atoms with Gasteiger partial charge in [-0.2, -0.15) is 0 Å². The van der Waals surface area contributed by atoms with E-state index in [1.807, 2.05) is 32.0 Å². The van der Waals surface area contributed by atoms with Gasteiger partial charge >= 0.3 is 0 Å². The van der Waals surface area contributed by atoms with E-state index in [0.29, 0.717) is 13.1 Å². The van der Waals surface area contributed by atoms with Gasteiger partial charge in [-0.25, -0.2) is 0 Å². The number of aliphatic hydroxyl groups excluding tert-OH is 1. The molecule has 2 unspecified atom stereocenters. The molecule has 0 radical (unpaired) electrons.